The van der Waals surface area contributed by atoms with E-state index in [4.69, 9.17) is 0 Å². The largest absolute Gasteiger partial charge is 0.434 e. The van der Waals surface area contributed by atoms with Crippen molar-refractivity contribution in [2.24, 2.45) is 11.8 Å². The first kappa shape index (κ1) is 12.4. The molecule has 4 heteroatoms. The molecule has 0 atom stereocenters. The molecule has 0 rings (SSSR count). The fourth-order valence-corrected chi connectivity index (χ4v) is 0.951. The molecule has 0 spiro atoms. The minimum atomic E-state index is -0.939. The topological polar surface area (TPSA) is 52.6 Å². The van der Waals surface area contributed by atoms with Gasteiger partial charge < -0.3 is 9.47 Å². The van der Waals surface area contributed by atoms with Crippen molar-refractivity contribution in [3.8, 4) is 0 Å². The molecule has 0 heterocycles. The van der Waals surface area contributed by atoms with E-state index in [2.05, 4.69) is 22.6 Å². The van der Waals surface area contributed by atoms with E-state index in [1.165, 1.54) is 0 Å². The van der Waals surface area contributed by atoms with Gasteiger partial charge in [0.2, 0.25) is 0 Å². The maximum Gasteiger partial charge on any atom is 0.325 e. The predicted molar refractivity (Wildman–Crippen MR) is 50.9 cm³/mol. The molecule has 0 amide bonds. The molecule has 0 bridgehead atoms. The number of hydrogen-bond donors (Lipinski definition) is 0. The highest BCUT2D eigenvalue weighted by molar-refractivity contribution is 5.95. The monoisotopic (exact) mass is 198 g/mol. The van der Waals surface area contributed by atoms with E-state index in [1.54, 1.807) is 13.8 Å². The molecule has 0 fully saturated rings. The van der Waals surface area contributed by atoms with Crippen molar-refractivity contribution in [1.29, 1.82) is 0 Å². The van der Waals surface area contributed by atoms with E-state index in [1.807, 2.05) is 0 Å². The van der Waals surface area contributed by atoms with Gasteiger partial charge in [0.05, 0.1) is 12.5 Å². The summed E-state index contributed by atoms with van der Waals surface area (Å²) in [5, 5.41) is 0. The van der Waals surface area contributed by atoms with E-state index in [0.717, 1.165) is 12.5 Å². The molecule has 0 aromatic rings. The molecule has 78 valence electrons. The molecule has 0 aromatic heterocycles. The Kier molecular flexibility index (Phi) is 5.29. The van der Waals surface area contributed by atoms with Crippen LogP contribution in [-0.4, -0.2) is 11.9 Å². The normalized spacial score (nSPS) is 9.71. The molecular formula is C10H14O4. The second-order valence-electron chi connectivity index (χ2n) is 2.93. The van der Waals surface area contributed by atoms with Crippen LogP contribution in [0.15, 0.2) is 25.7 Å². The van der Waals surface area contributed by atoms with Gasteiger partial charge in [-0.25, -0.2) is 0 Å². The van der Waals surface area contributed by atoms with Gasteiger partial charge in [0.25, 0.3) is 0 Å². The second kappa shape index (κ2) is 5.96. The third-order valence-corrected chi connectivity index (χ3v) is 1.57. The summed E-state index contributed by atoms with van der Waals surface area (Å²) in [5.74, 6) is -2.47. The molecule has 0 saturated carbocycles. The zero-order chi connectivity index (χ0) is 11.1. The van der Waals surface area contributed by atoms with Gasteiger partial charge in [-0.15, -0.1) is 0 Å². The van der Waals surface area contributed by atoms with Gasteiger partial charge in [-0.3, -0.25) is 9.59 Å². The highest BCUT2D eigenvalue weighted by Gasteiger charge is 2.32. The lowest BCUT2D eigenvalue weighted by atomic mass is 9.96. The maximum absolute atomic E-state index is 11.3. The number of hydrogen-bond acceptors (Lipinski definition) is 4. The van der Waals surface area contributed by atoms with Crippen molar-refractivity contribution < 1.29 is 19.1 Å². The van der Waals surface area contributed by atoms with E-state index in [0.29, 0.717) is 0 Å². The number of rotatable bonds is 5. The van der Waals surface area contributed by atoms with Crippen LogP contribution in [0.1, 0.15) is 13.8 Å². The molecule has 0 aliphatic heterocycles. The third-order valence-electron chi connectivity index (χ3n) is 1.57. The standard InChI is InChI=1S/C10H14O4/c1-5-13-9(11)8(7(3)4)10(12)14-6-2/h5-8H,1-2H2,3-4H3. The van der Waals surface area contributed by atoms with Crippen LogP contribution >= 0.6 is 0 Å². The molecule has 0 aromatic carbocycles. The molecule has 0 radical (unpaired) electrons. The van der Waals surface area contributed by atoms with Crippen molar-refractivity contribution >= 4 is 11.9 Å². The Hall–Kier alpha value is -1.58. The minimum absolute atomic E-state index is 0.199. The Labute approximate surface area is 83.2 Å². The molecule has 0 N–H and O–H groups in total. The van der Waals surface area contributed by atoms with Crippen molar-refractivity contribution in [2.45, 2.75) is 13.8 Å². The lowest BCUT2D eigenvalue weighted by molar-refractivity contribution is -0.157. The Morgan fingerprint density at radius 3 is 1.64 bits per heavy atom. The highest BCUT2D eigenvalue weighted by Crippen LogP contribution is 2.15. The van der Waals surface area contributed by atoms with Crippen molar-refractivity contribution in [3.63, 3.8) is 0 Å². The average molecular weight is 198 g/mol. The van der Waals surface area contributed by atoms with Gasteiger partial charge in [-0.1, -0.05) is 27.0 Å². The van der Waals surface area contributed by atoms with Gasteiger partial charge in [-0.05, 0) is 5.92 Å². The maximum atomic E-state index is 11.3. The Morgan fingerprint density at radius 1 is 1.07 bits per heavy atom. The summed E-state index contributed by atoms with van der Waals surface area (Å²) in [6.45, 7) is 9.91. The van der Waals surface area contributed by atoms with E-state index in [-0.39, 0.29) is 5.92 Å². The number of carbonyl (C=O) groups is 2. The summed E-state index contributed by atoms with van der Waals surface area (Å²) in [6.07, 6.45) is 1.97. The number of esters is 2. The van der Waals surface area contributed by atoms with Crippen LogP contribution in [0.3, 0.4) is 0 Å². The molecule has 0 aliphatic rings. The van der Waals surface area contributed by atoms with Crippen LogP contribution < -0.4 is 0 Å². The summed E-state index contributed by atoms with van der Waals surface area (Å²) >= 11 is 0. The van der Waals surface area contributed by atoms with Crippen LogP contribution in [0.4, 0.5) is 0 Å². The van der Waals surface area contributed by atoms with E-state index in [9.17, 15) is 9.59 Å². The smallest absolute Gasteiger partial charge is 0.325 e. The molecule has 0 saturated heterocycles. The zero-order valence-electron chi connectivity index (χ0n) is 8.36. The first-order chi connectivity index (χ1) is 6.54. The van der Waals surface area contributed by atoms with Gasteiger partial charge >= 0.3 is 11.9 Å². The van der Waals surface area contributed by atoms with Crippen LogP contribution in [0.2, 0.25) is 0 Å². The minimum Gasteiger partial charge on any atom is -0.434 e. The molecule has 14 heavy (non-hydrogen) atoms. The third kappa shape index (κ3) is 3.43. The summed E-state index contributed by atoms with van der Waals surface area (Å²) < 4.78 is 9.05. The van der Waals surface area contributed by atoms with Gasteiger partial charge in [0.1, 0.15) is 0 Å². The van der Waals surface area contributed by atoms with E-state index < -0.39 is 17.9 Å². The summed E-state index contributed by atoms with van der Waals surface area (Å²) in [7, 11) is 0. The van der Waals surface area contributed by atoms with Crippen LogP contribution in [0, 0.1) is 11.8 Å². The predicted octanol–water partition coefficient (Wildman–Crippen LogP) is 1.63. The molecular weight excluding hydrogens is 184 g/mol. The van der Waals surface area contributed by atoms with Gasteiger partial charge in [0.15, 0.2) is 5.92 Å². The van der Waals surface area contributed by atoms with E-state index >= 15 is 0 Å². The lowest BCUT2D eigenvalue weighted by Crippen LogP contribution is -2.30. The van der Waals surface area contributed by atoms with Crippen LogP contribution in [0.5, 0.6) is 0 Å². The van der Waals surface area contributed by atoms with Crippen LogP contribution in [0.25, 0.3) is 0 Å². The van der Waals surface area contributed by atoms with Crippen molar-refractivity contribution in [1.82, 2.24) is 0 Å². The van der Waals surface area contributed by atoms with Crippen molar-refractivity contribution in [2.75, 3.05) is 0 Å². The fourth-order valence-electron chi connectivity index (χ4n) is 0.951. The zero-order valence-corrected chi connectivity index (χ0v) is 8.36. The SMILES string of the molecule is C=COC(=O)C(C(=O)OC=C)C(C)C. The second-order valence-corrected chi connectivity index (χ2v) is 2.93. The van der Waals surface area contributed by atoms with Gasteiger partial charge in [-0.2, -0.15) is 0 Å². The Bertz CT molecular complexity index is 221. The molecule has 4 nitrogen and oxygen atoms in total. The average Bonchev–Trinajstić information content (AvgIpc) is 2.04. The Morgan fingerprint density at radius 2 is 1.43 bits per heavy atom. The van der Waals surface area contributed by atoms with Gasteiger partial charge in [0, 0.05) is 0 Å². The van der Waals surface area contributed by atoms with Crippen molar-refractivity contribution in [3.05, 3.63) is 25.7 Å². The first-order valence-corrected chi connectivity index (χ1v) is 4.17. The summed E-state index contributed by atoms with van der Waals surface area (Å²) in [4.78, 5) is 22.5. The lowest BCUT2D eigenvalue weighted by Gasteiger charge is -2.15. The summed E-state index contributed by atoms with van der Waals surface area (Å²) in [6, 6.07) is 0. The first-order valence-electron chi connectivity index (χ1n) is 4.17. The summed E-state index contributed by atoms with van der Waals surface area (Å²) in [5.41, 5.74) is 0. The quantitative estimate of drug-likeness (QED) is 0.383. The number of carbonyl (C=O) groups excluding carboxylic acids is 2. The molecule has 0 aliphatic carbocycles. The number of ether oxygens (including phenoxy) is 2. The Balaban J connectivity index is 4.57. The fraction of sp³-hybridized carbons (Fsp3) is 0.400. The highest BCUT2D eigenvalue weighted by atomic mass is 16.5. The molecule has 0 unspecified atom stereocenters. The van der Waals surface area contributed by atoms with Crippen LogP contribution in [-0.2, 0) is 19.1 Å².